The van der Waals surface area contributed by atoms with E-state index in [1.165, 1.54) is 0 Å². The van der Waals surface area contributed by atoms with Crippen LogP contribution in [0.4, 0.5) is 0 Å². The van der Waals surface area contributed by atoms with Crippen molar-refractivity contribution < 1.29 is 4.79 Å². The monoisotopic (exact) mass is 317 g/mol. The molecule has 0 aliphatic heterocycles. The van der Waals surface area contributed by atoms with Gasteiger partial charge in [-0.3, -0.25) is 4.79 Å². The number of hydrogen-bond donors (Lipinski definition) is 1. The summed E-state index contributed by atoms with van der Waals surface area (Å²) in [6.45, 7) is 4.52. The van der Waals surface area contributed by atoms with E-state index in [1.54, 1.807) is 0 Å². The van der Waals surface area contributed by atoms with Crippen LogP contribution in [0.3, 0.4) is 0 Å². The van der Waals surface area contributed by atoms with Crippen LogP contribution in [0.5, 0.6) is 0 Å². The van der Waals surface area contributed by atoms with E-state index < -0.39 is 0 Å². The molecule has 0 saturated heterocycles. The molecular weight excluding hydrogens is 302 g/mol. The molecule has 0 fully saturated rings. The van der Waals surface area contributed by atoms with Gasteiger partial charge in [0.2, 0.25) is 0 Å². The molecule has 2 nitrogen and oxygen atoms in total. The molecule has 2 aromatic carbocycles. The van der Waals surface area contributed by atoms with Gasteiger partial charge >= 0.3 is 0 Å². The maximum atomic E-state index is 12.2. The minimum absolute atomic E-state index is 0.0267. The number of benzene rings is 2. The van der Waals surface area contributed by atoms with E-state index in [-0.39, 0.29) is 5.91 Å². The van der Waals surface area contributed by atoms with Gasteiger partial charge in [0.1, 0.15) is 0 Å². The average Bonchev–Trinajstić information content (AvgIpc) is 2.39. The fourth-order valence-electron chi connectivity index (χ4n) is 1.92. The molecule has 0 aliphatic carbocycles. The lowest BCUT2D eigenvalue weighted by Gasteiger charge is -2.09. The fraction of sp³-hybridized carbons (Fsp3) is 0.188. The maximum absolute atomic E-state index is 12.2. The number of hydrogen-bond acceptors (Lipinski definition) is 1. The number of carbonyl (C=O) groups excluding carboxylic acids is 1. The first-order valence-corrected chi connectivity index (χ1v) is 6.96. The van der Waals surface area contributed by atoms with E-state index in [0.29, 0.717) is 6.54 Å². The molecule has 0 unspecified atom stereocenters. The van der Waals surface area contributed by atoms with Crippen LogP contribution < -0.4 is 5.32 Å². The Labute approximate surface area is 122 Å². The lowest BCUT2D eigenvalue weighted by Crippen LogP contribution is -2.23. The highest BCUT2D eigenvalue weighted by Gasteiger charge is 2.09. The van der Waals surface area contributed by atoms with Gasteiger partial charge in [0.15, 0.2) is 0 Å². The summed E-state index contributed by atoms with van der Waals surface area (Å²) in [5.41, 5.74) is 3.99. The van der Waals surface area contributed by atoms with Crippen LogP contribution in [0, 0.1) is 13.8 Å². The third-order valence-corrected chi connectivity index (χ3v) is 3.68. The second-order valence-electron chi connectivity index (χ2n) is 4.56. The number of halogens is 1. The molecule has 1 N–H and O–H groups in total. The molecule has 19 heavy (non-hydrogen) atoms. The van der Waals surface area contributed by atoms with Gasteiger partial charge in [-0.15, -0.1) is 0 Å². The number of rotatable bonds is 3. The lowest BCUT2D eigenvalue weighted by atomic mass is 10.0. The number of carbonyl (C=O) groups is 1. The summed E-state index contributed by atoms with van der Waals surface area (Å²) in [6, 6.07) is 13.7. The van der Waals surface area contributed by atoms with E-state index in [4.69, 9.17) is 0 Å². The summed E-state index contributed by atoms with van der Waals surface area (Å²) in [7, 11) is 0. The van der Waals surface area contributed by atoms with Crippen LogP contribution in [0.2, 0.25) is 0 Å². The summed E-state index contributed by atoms with van der Waals surface area (Å²) in [5.74, 6) is -0.0267. The summed E-state index contributed by atoms with van der Waals surface area (Å²) in [5, 5.41) is 2.95. The number of nitrogens with one attached hydrogen (secondary N) is 1. The van der Waals surface area contributed by atoms with Crippen molar-refractivity contribution in [2.24, 2.45) is 0 Å². The largest absolute Gasteiger partial charge is 0.348 e. The van der Waals surface area contributed by atoms with Gasteiger partial charge in [-0.2, -0.15) is 0 Å². The molecule has 0 aromatic heterocycles. The quantitative estimate of drug-likeness (QED) is 0.911. The van der Waals surface area contributed by atoms with Crippen LogP contribution in [0.25, 0.3) is 0 Å². The van der Waals surface area contributed by atoms with Crippen molar-refractivity contribution in [3.05, 3.63) is 69.2 Å². The minimum Gasteiger partial charge on any atom is -0.348 e. The Morgan fingerprint density at radius 3 is 2.63 bits per heavy atom. The van der Waals surface area contributed by atoms with Crippen molar-refractivity contribution >= 4 is 21.8 Å². The Balaban J connectivity index is 2.08. The van der Waals surface area contributed by atoms with E-state index in [0.717, 1.165) is 26.7 Å². The SMILES string of the molecule is Cc1cccc(C(=O)NCc2cccc(Br)c2)c1C. The first-order chi connectivity index (χ1) is 9.08. The normalized spacial score (nSPS) is 10.3. The molecule has 0 radical (unpaired) electrons. The first-order valence-electron chi connectivity index (χ1n) is 6.17. The van der Waals surface area contributed by atoms with Crippen molar-refractivity contribution in [3.8, 4) is 0 Å². The Kier molecular flexibility index (Phi) is 4.38. The van der Waals surface area contributed by atoms with E-state index in [2.05, 4.69) is 21.2 Å². The van der Waals surface area contributed by atoms with Crippen LogP contribution in [0.1, 0.15) is 27.0 Å². The van der Waals surface area contributed by atoms with Gasteiger partial charge in [0.05, 0.1) is 0 Å². The zero-order valence-electron chi connectivity index (χ0n) is 11.0. The topological polar surface area (TPSA) is 29.1 Å². The zero-order valence-corrected chi connectivity index (χ0v) is 12.6. The summed E-state index contributed by atoms with van der Waals surface area (Å²) >= 11 is 3.42. The third-order valence-electron chi connectivity index (χ3n) is 3.19. The molecular formula is C16H16BrNO. The molecule has 3 heteroatoms. The highest BCUT2D eigenvalue weighted by Crippen LogP contribution is 2.14. The summed E-state index contributed by atoms with van der Waals surface area (Å²) in [6.07, 6.45) is 0. The van der Waals surface area contributed by atoms with Gasteiger partial charge < -0.3 is 5.32 Å². The predicted octanol–water partition coefficient (Wildman–Crippen LogP) is 4.00. The summed E-state index contributed by atoms with van der Waals surface area (Å²) < 4.78 is 1.02. The second-order valence-corrected chi connectivity index (χ2v) is 5.48. The zero-order chi connectivity index (χ0) is 13.8. The molecule has 0 saturated carbocycles. The fourth-order valence-corrected chi connectivity index (χ4v) is 2.37. The first kappa shape index (κ1) is 13.8. The van der Waals surface area contributed by atoms with Gasteiger partial charge in [-0.25, -0.2) is 0 Å². The second kappa shape index (κ2) is 6.02. The summed E-state index contributed by atoms with van der Waals surface area (Å²) in [4.78, 5) is 12.2. The van der Waals surface area contributed by atoms with E-state index in [1.807, 2.05) is 56.3 Å². The van der Waals surface area contributed by atoms with Crippen molar-refractivity contribution in [2.45, 2.75) is 20.4 Å². The van der Waals surface area contributed by atoms with Crippen molar-refractivity contribution in [2.75, 3.05) is 0 Å². The Morgan fingerprint density at radius 1 is 1.16 bits per heavy atom. The van der Waals surface area contributed by atoms with E-state index in [9.17, 15) is 4.79 Å². The third kappa shape index (κ3) is 3.44. The van der Waals surface area contributed by atoms with Crippen molar-refractivity contribution in [3.63, 3.8) is 0 Å². The predicted molar refractivity (Wildman–Crippen MR) is 81.2 cm³/mol. The number of aryl methyl sites for hydroxylation is 1. The maximum Gasteiger partial charge on any atom is 0.251 e. The van der Waals surface area contributed by atoms with E-state index >= 15 is 0 Å². The minimum atomic E-state index is -0.0267. The van der Waals surface area contributed by atoms with Crippen molar-refractivity contribution in [1.29, 1.82) is 0 Å². The number of amides is 1. The van der Waals surface area contributed by atoms with Crippen LogP contribution in [0.15, 0.2) is 46.9 Å². The highest BCUT2D eigenvalue weighted by molar-refractivity contribution is 9.10. The Bertz CT molecular complexity index is 607. The Hall–Kier alpha value is -1.61. The van der Waals surface area contributed by atoms with Crippen LogP contribution in [-0.4, -0.2) is 5.91 Å². The van der Waals surface area contributed by atoms with Gasteiger partial charge in [0, 0.05) is 16.6 Å². The highest BCUT2D eigenvalue weighted by atomic mass is 79.9. The van der Waals surface area contributed by atoms with Crippen LogP contribution in [-0.2, 0) is 6.54 Å². The van der Waals surface area contributed by atoms with Gasteiger partial charge in [-0.05, 0) is 48.7 Å². The molecule has 98 valence electrons. The molecule has 0 aliphatic rings. The molecule has 0 spiro atoms. The standard InChI is InChI=1S/C16H16BrNO/c1-11-5-3-8-15(12(11)2)16(19)18-10-13-6-4-7-14(17)9-13/h3-9H,10H2,1-2H3,(H,18,19). The molecule has 0 atom stereocenters. The van der Waals surface area contributed by atoms with Gasteiger partial charge in [-0.1, -0.05) is 40.2 Å². The molecule has 0 bridgehead atoms. The lowest BCUT2D eigenvalue weighted by molar-refractivity contribution is 0.0950. The average molecular weight is 318 g/mol. The van der Waals surface area contributed by atoms with Crippen molar-refractivity contribution in [1.82, 2.24) is 5.32 Å². The molecule has 2 rings (SSSR count). The molecule has 1 amide bonds. The van der Waals surface area contributed by atoms with Gasteiger partial charge in [0.25, 0.3) is 5.91 Å². The molecule has 2 aromatic rings. The Morgan fingerprint density at radius 2 is 1.89 bits per heavy atom. The smallest absolute Gasteiger partial charge is 0.251 e. The van der Waals surface area contributed by atoms with Crippen LogP contribution >= 0.6 is 15.9 Å². The molecule has 0 heterocycles.